The highest BCUT2D eigenvalue weighted by atomic mass is 16.7. The van der Waals surface area contributed by atoms with Crippen molar-refractivity contribution in [1.29, 1.82) is 0 Å². The summed E-state index contributed by atoms with van der Waals surface area (Å²) in [6, 6.07) is 10.8. The molecule has 0 bridgehead atoms. The lowest BCUT2D eigenvalue weighted by molar-refractivity contribution is -0.384. The van der Waals surface area contributed by atoms with Crippen molar-refractivity contribution in [3.63, 3.8) is 0 Å². The van der Waals surface area contributed by atoms with Gasteiger partial charge in [0.25, 0.3) is 5.69 Å². The Morgan fingerprint density at radius 2 is 1.77 bits per heavy atom. The molecule has 0 N–H and O–H groups in total. The number of nitro groups is 1. The third kappa shape index (κ3) is 3.14. The van der Waals surface area contributed by atoms with Gasteiger partial charge in [-0.25, -0.2) is 4.79 Å². The predicted molar refractivity (Wildman–Crippen MR) is 78.1 cm³/mol. The maximum absolute atomic E-state index is 11.3. The van der Waals surface area contributed by atoms with Gasteiger partial charge in [-0.1, -0.05) is 18.2 Å². The average Bonchev–Trinajstić information content (AvgIpc) is 2.54. The van der Waals surface area contributed by atoms with Crippen LogP contribution in [0.5, 0.6) is 11.5 Å². The quantitative estimate of drug-likeness (QED) is 0.372. The van der Waals surface area contributed by atoms with Crippen LogP contribution in [0, 0.1) is 10.1 Å². The van der Waals surface area contributed by atoms with E-state index < -0.39 is 11.1 Å². The molecule has 0 radical (unpaired) electrons. The first kappa shape index (κ1) is 15.3. The van der Waals surface area contributed by atoms with E-state index in [1.54, 1.807) is 24.3 Å². The maximum atomic E-state index is 11.3. The lowest BCUT2D eigenvalue weighted by Crippen LogP contribution is -2.08. The molecule has 0 aromatic heterocycles. The van der Waals surface area contributed by atoms with Crippen LogP contribution in [0.4, 0.5) is 10.5 Å². The topological polar surface area (TPSA) is 87.9 Å². The molecular weight excluding hydrogens is 290 g/mol. The number of nitro benzene ring substituents is 1. The molecule has 0 heterocycles. The SMILES string of the molecule is COC(=O)Oc1ccc([N+](=O)[O-])cc1-c1ccccc1OC. The fourth-order valence-corrected chi connectivity index (χ4v) is 1.93. The molecular formula is C15H13NO6. The van der Waals surface area contributed by atoms with Gasteiger partial charge in [-0.15, -0.1) is 0 Å². The highest BCUT2D eigenvalue weighted by Gasteiger charge is 2.18. The Balaban J connectivity index is 2.61. The monoisotopic (exact) mass is 303 g/mol. The summed E-state index contributed by atoms with van der Waals surface area (Å²) in [5, 5.41) is 11.0. The second-order valence-corrected chi connectivity index (χ2v) is 4.19. The zero-order chi connectivity index (χ0) is 16.1. The Hall–Kier alpha value is -3.09. The molecule has 2 aromatic carbocycles. The first-order valence-electron chi connectivity index (χ1n) is 6.24. The van der Waals surface area contributed by atoms with Gasteiger partial charge in [0.1, 0.15) is 11.5 Å². The molecule has 0 aliphatic rings. The number of para-hydroxylation sites is 1. The lowest BCUT2D eigenvalue weighted by Gasteiger charge is -2.12. The smallest absolute Gasteiger partial charge is 0.496 e. The number of rotatable bonds is 4. The molecule has 22 heavy (non-hydrogen) atoms. The summed E-state index contributed by atoms with van der Waals surface area (Å²) in [5.41, 5.74) is 0.794. The van der Waals surface area contributed by atoms with Crippen LogP contribution in [-0.4, -0.2) is 25.3 Å². The third-order valence-corrected chi connectivity index (χ3v) is 2.93. The second-order valence-electron chi connectivity index (χ2n) is 4.19. The molecule has 2 rings (SSSR count). The molecule has 0 spiro atoms. The summed E-state index contributed by atoms with van der Waals surface area (Å²) < 4.78 is 14.7. The minimum absolute atomic E-state index is 0.127. The maximum Gasteiger partial charge on any atom is 0.513 e. The zero-order valence-electron chi connectivity index (χ0n) is 11.9. The van der Waals surface area contributed by atoms with Crippen LogP contribution < -0.4 is 9.47 Å². The van der Waals surface area contributed by atoms with Crippen LogP contribution >= 0.6 is 0 Å². The minimum Gasteiger partial charge on any atom is -0.496 e. The van der Waals surface area contributed by atoms with Gasteiger partial charge in [0.15, 0.2) is 0 Å². The highest BCUT2D eigenvalue weighted by molar-refractivity contribution is 5.80. The van der Waals surface area contributed by atoms with Crippen LogP contribution in [0.1, 0.15) is 0 Å². The van der Waals surface area contributed by atoms with Crippen molar-refractivity contribution in [2.24, 2.45) is 0 Å². The molecule has 114 valence electrons. The number of hydrogen-bond acceptors (Lipinski definition) is 6. The van der Waals surface area contributed by atoms with Crippen LogP contribution in [0.15, 0.2) is 42.5 Å². The van der Waals surface area contributed by atoms with Gasteiger partial charge < -0.3 is 14.2 Å². The van der Waals surface area contributed by atoms with Crippen LogP contribution in [0.2, 0.25) is 0 Å². The Morgan fingerprint density at radius 1 is 1.05 bits per heavy atom. The average molecular weight is 303 g/mol. The summed E-state index contributed by atoms with van der Waals surface area (Å²) in [4.78, 5) is 21.8. The number of non-ortho nitro benzene ring substituents is 1. The number of carbonyl (C=O) groups excluding carboxylic acids is 1. The summed E-state index contributed by atoms with van der Waals surface area (Å²) in [6.07, 6.45) is -0.912. The fraction of sp³-hybridized carbons (Fsp3) is 0.133. The van der Waals surface area contributed by atoms with E-state index in [9.17, 15) is 14.9 Å². The number of benzene rings is 2. The fourth-order valence-electron chi connectivity index (χ4n) is 1.93. The van der Waals surface area contributed by atoms with Crippen molar-refractivity contribution >= 4 is 11.8 Å². The van der Waals surface area contributed by atoms with Gasteiger partial charge in [-0.3, -0.25) is 10.1 Å². The van der Waals surface area contributed by atoms with Gasteiger partial charge >= 0.3 is 6.16 Å². The summed E-state index contributed by atoms with van der Waals surface area (Å²) in [6.45, 7) is 0. The van der Waals surface area contributed by atoms with Gasteiger partial charge in [0.2, 0.25) is 0 Å². The molecule has 7 heteroatoms. The Labute approximate surface area is 126 Å². The number of methoxy groups -OCH3 is 2. The molecule has 0 saturated carbocycles. The van der Waals surface area contributed by atoms with E-state index in [2.05, 4.69) is 4.74 Å². The van der Waals surface area contributed by atoms with E-state index in [0.29, 0.717) is 16.9 Å². The predicted octanol–water partition coefficient (Wildman–Crippen LogP) is 3.42. The lowest BCUT2D eigenvalue weighted by atomic mass is 10.0. The third-order valence-electron chi connectivity index (χ3n) is 2.93. The van der Waals surface area contributed by atoms with Crippen molar-refractivity contribution in [2.45, 2.75) is 0 Å². The molecule has 0 amide bonds. The van der Waals surface area contributed by atoms with Crippen molar-refractivity contribution in [1.82, 2.24) is 0 Å². The van der Waals surface area contributed by atoms with Crippen molar-refractivity contribution < 1.29 is 23.9 Å². The highest BCUT2D eigenvalue weighted by Crippen LogP contribution is 2.38. The first-order chi connectivity index (χ1) is 10.6. The zero-order valence-corrected chi connectivity index (χ0v) is 11.9. The van der Waals surface area contributed by atoms with Crippen LogP contribution in [0.25, 0.3) is 11.1 Å². The van der Waals surface area contributed by atoms with E-state index in [4.69, 9.17) is 9.47 Å². The van der Waals surface area contributed by atoms with E-state index in [0.717, 1.165) is 0 Å². The minimum atomic E-state index is -0.912. The molecule has 0 atom stereocenters. The van der Waals surface area contributed by atoms with E-state index in [-0.39, 0.29) is 11.4 Å². The number of hydrogen-bond donors (Lipinski definition) is 0. The van der Waals surface area contributed by atoms with Crippen LogP contribution in [0.3, 0.4) is 0 Å². The van der Waals surface area contributed by atoms with E-state index in [1.807, 2.05) is 0 Å². The number of nitrogens with zero attached hydrogens (tertiary/aromatic N) is 1. The number of ether oxygens (including phenoxy) is 3. The second kappa shape index (κ2) is 6.57. The summed E-state index contributed by atoms with van der Waals surface area (Å²) in [5.74, 6) is 0.639. The largest absolute Gasteiger partial charge is 0.513 e. The molecule has 2 aromatic rings. The molecule has 0 saturated heterocycles. The van der Waals surface area contributed by atoms with Crippen LogP contribution in [-0.2, 0) is 4.74 Å². The van der Waals surface area contributed by atoms with Gasteiger partial charge in [0, 0.05) is 23.3 Å². The van der Waals surface area contributed by atoms with Crippen molar-refractivity contribution in [2.75, 3.05) is 14.2 Å². The molecule has 7 nitrogen and oxygen atoms in total. The Morgan fingerprint density at radius 3 is 2.41 bits per heavy atom. The Kier molecular flexibility index (Phi) is 4.57. The summed E-state index contributed by atoms with van der Waals surface area (Å²) >= 11 is 0. The van der Waals surface area contributed by atoms with Crippen molar-refractivity contribution in [3.8, 4) is 22.6 Å². The van der Waals surface area contributed by atoms with Gasteiger partial charge in [-0.2, -0.15) is 0 Å². The standard InChI is InChI=1S/C15H13NO6/c1-20-13-6-4-3-5-11(13)12-9-10(16(18)19)7-8-14(12)22-15(17)21-2/h3-9H,1-2H3. The normalized spacial score (nSPS) is 9.91. The van der Waals surface area contributed by atoms with E-state index in [1.165, 1.54) is 32.4 Å². The molecule has 0 fully saturated rings. The molecule has 0 aliphatic heterocycles. The number of carbonyl (C=O) groups is 1. The van der Waals surface area contributed by atoms with Gasteiger partial charge in [-0.05, 0) is 12.1 Å². The van der Waals surface area contributed by atoms with Crippen molar-refractivity contribution in [3.05, 3.63) is 52.6 Å². The Bertz CT molecular complexity index is 713. The molecule has 0 aliphatic carbocycles. The first-order valence-corrected chi connectivity index (χ1v) is 6.24. The molecule has 0 unspecified atom stereocenters. The van der Waals surface area contributed by atoms with E-state index >= 15 is 0 Å². The van der Waals surface area contributed by atoms with Gasteiger partial charge in [0.05, 0.1) is 19.1 Å². The summed E-state index contributed by atoms with van der Waals surface area (Å²) in [7, 11) is 2.66.